The molecule has 0 spiro atoms. The van der Waals surface area contributed by atoms with E-state index in [1.165, 1.54) is 11.5 Å². The molecule has 1 aromatic rings. The van der Waals surface area contributed by atoms with Gasteiger partial charge in [0, 0.05) is 13.0 Å². The molecule has 1 aromatic carbocycles. The Balaban J connectivity index is 1.79. The van der Waals surface area contributed by atoms with Gasteiger partial charge in [-0.05, 0) is 41.4 Å². The Morgan fingerprint density at radius 3 is 2.63 bits per heavy atom. The molecule has 0 radical (unpaired) electrons. The molecule has 0 bridgehead atoms. The summed E-state index contributed by atoms with van der Waals surface area (Å²) in [6.45, 7) is 0.531. The van der Waals surface area contributed by atoms with E-state index >= 15 is 0 Å². The monoisotopic (exact) mass is 279 g/mol. The highest BCUT2D eigenvalue weighted by molar-refractivity contribution is 7.99. The van der Waals surface area contributed by atoms with E-state index in [1.807, 2.05) is 36.0 Å². The van der Waals surface area contributed by atoms with Crippen molar-refractivity contribution in [3.63, 3.8) is 0 Å². The first-order valence-corrected chi connectivity index (χ1v) is 7.97. The van der Waals surface area contributed by atoms with Crippen LogP contribution in [0, 0.1) is 5.92 Å². The van der Waals surface area contributed by atoms with Crippen LogP contribution in [-0.4, -0.2) is 22.5 Å². The molecule has 1 fully saturated rings. The van der Waals surface area contributed by atoms with Gasteiger partial charge in [-0.2, -0.15) is 11.8 Å². The van der Waals surface area contributed by atoms with Gasteiger partial charge in [-0.25, -0.2) is 0 Å². The first-order valence-electron chi connectivity index (χ1n) is 6.81. The summed E-state index contributed by atoms with van der Waals surface area (Å²) in [6, 6.07) is 7.67. The van der Waals surface area contributed by atoms with Crippen LogP contribution in [0.3, 0.4) is 0 Å². The molecule has 2 N–H and O–H groups in total. The van der Waals surface area contributed by atoms with Crippen LogP contribution in [0.4, 0.5) is 0 Å². The van der Waals surface area contributed by atoms with E-state index in [2.05, 4.69) is 5.32 Å². The Hall–Kier alpha value is -1.00. The normalized spacial score (nSPS) is 16.3. The van der Waals surface area contributed by atoms with E-state index in [1.54, 1.807) is 0 Å². The van der Waals surface area contributed by atoms with Crippen molar-refractivity contribution in [1.82, 2.24) is 5.32 Å². The molecule has 3 nitrogen and oxygen atoms in total. The molecule has 1 saturated heterocycles. The van der Waals surface area contributed by atoms with Crippen LogP contribution in [0.1, 0.15) is 30.4 Å². The van der Waals surface area contributed by atoms with Gasteiger partial charge in [0.25, 0.3) is 0 Å². The number of carbonyl (C=O) groups is 1. The van der Waals surface area contributed by atoms with Crippen LogP contribution in [0.5, 0.6) is 0 Å². The lowest BCUT2D eigenvalue weighted by Crippen LogP contribution is -2.26. The van der Waals surface area contributed by atoms with E-state index < -0.39 is 0 Å². The van der Waals surface area contributed by atoms with E-state index in [0.29, 0.717) is 18.9 Å². The number of aliphatic hydroxyl groups is 1. The smallest absolute Gasteiger partial charge is 0.220 e. The average Bonchev–Trinajstić information content (AvgIpc) is 2.46. The van der Waals surface area contributed by atoms with Crippen molar-refractivity contribution in [3.05, 3.63) is 35.4 Å². The van der Waals surface area contributed by atoms with Crippen molar-refractivity contribution < 1.29 is 9.90 Å². The lowest BCUT2D eigenvalue weighted by atomic mass is 9.98. The Labute approximate surface area is 118 Å². The Kier molecular flexibility index (Phi) is 5.73. The molecule has 19 heavy (non-hydrogen) atoms. The van der Waals surface area contributed by atoms with Gasteiger partial charge in [0.05, 0.1) is 6.61 Å². The third-order valence-electron chi connectivity index (χ3n) is 3.58. The number of hydrogen-bond acceptors (Lipinski definition) is 3. The predicted molar refractivity (Wildman–Crippen MR) is 78.9 cm³/mol. The van der Waals surface area contributed by atoms with Crippen molar-refractivity contribution in [2.75, 3.05) is 11.5 Å². The molecule has 1 aliphatic heterocycles. The lowest BCUT2D eigenvalue weighted by molar-refractivity contribution is -0.122. The highest BCUT2D eigenvalue weighted by Crippen LogP contribution is 2.25. The first-order chi connectivity index (χ1) is 9.29. The summed E-state index contributed by atoms with van der Waals surface area (Å²) in [4.78, 5) is 11.9. The zero-order valence-corrected chi connectivity index (χ0v) is 11.9. The Bertz CT molecular complexity index is 416. The molecule has 0 saturated carbocycles. The van der Waals surface area contributed by atoms with Gasteiger partial charge in [0.2, 0.25) is 5.91 Å². The summed E-state index contributed by atoms with van der Waals surface area (Å²) in [7, 11) is 0. The standard InChI is InChI=1S/C15H21NO2S/c17-11-14-4-2-1-3-13(14)10-16-15(18)9-12-5-7-19-8-6-12/h1-4,12,17H,5-11H2,(H,16,18). The lowest BCUT2D eigenvalue weighted by Gasteiger charge is -2.20. The molecule has 4 heteroatoms. The van der Waals surface area contributed by atoms with Gasteiger partial charge in [-0.15, -0.1) is 0 Å². The van der Waals surface area contributed by atoms with Gasteiger partial charge < -0.3 is 10.4 Å². The summed E-state index contributed by atoms with van der Waals surface area (Å²) < 4.78 is 0. The van der Waals surface area contributed by atoms with Crippen LogP contribution in [-0.2, 0) is 17.9 Å². The molecule has 1 aliphatic rings. The SMILES string of the molecule is O=C(CC1CCSCC1)NCc1ccccc1CO. The van der Waals surface area contributed by atoms with E-state index in [0.717, 1.165) is 24.0 Å². The number of nitrogens with one attached hydrogen (secondary N) is 1. The second kappa shape index (κ2) is 7.56. The number of aliphatic hydroxyl groups excluding tert-OH is 1. The number of hydrogen-bond donors (Lipinski definition) is 2. The maximum Gasteiger partial charge on any atom is 0.220 e. The fraction of sp³-hybridized carbons (Fsp3) is 0.533. The van der Waals surface area contributed by atoms with Gasteiger partial charge in [0.15, 0.2) is 0 Å². The number of amides is 1. The molecular weight excluding hydrogens is 258 g/mol. The maximum atomic E-state index is 11.9. The number of benzene rings is 1. The molecule has 104 valence electrons. The molecule has 1 heterocycles. The molecular formula is C15H21NO2S. The van der Waals surface area contributed by atoms with E-state index in [4.69, 9.17) is 0 Å². The number of thioether (sulfide) groups is 1. The highest BCUT2D eigenvalue weighted by atomic mass is 32.2. The van der Waals surface area contributed by atoms with Crippen molar-refractivity contribution in [2.24, 2.45) is 5.92 Å². The van der Waals surface area contributed by atoms with E-state index in [-0.39, 0.29) is 12.5 Å². The van der Waals surface area contributed by atoms with Crippen molar-refractivity contribution in [1.29, 1.82) is 0 Å². The van der Waals surface area contributed by atoms with Crippen LogP contribution in [0.2, 0.25) is 0 Å². The molecule has 1 amide bonds. The van der Waals surface area contributed by atoms with Gasteiger partial charge in [-0.1, -0.05) is 24.3 Å². The highest BCUT2D eigenvalue weighted by Gasteiger charge is 2.17. The zero-order valence-electron chi connectivity index (χ0n) is 11.1. The Morgan fingerprint density at radius 2 is 1.95 bits per heavy atom. The minimum atomic E-state index is 0.0197. The van der Waals surface area contributed by atoms with Crippen LogP contribution >= 0.6 is 11.8 Å². The Morgan fingerprint density at radius 1 is 1.26 bits per heavy atom. The molecule has 0 aliphatic carbocycles. The minimum Gasteiger partial charge on any atom is -0.392 e. The summed E-state index contributed by atoms with van der Waals surface area (Å²) in [5, 5.41) is 12.2. The van der Waals surface area contributed by atoms with E-state index in [9.17, 15) is 9.90 Å². The van der Waals surface area contributed by atoms with Crippen LogP contribution in [0.15, 0.2) is 24.3 Å². The van der Waals surface area contributed by atoms with Crippen molar-refractivity contribution >= 4 is 17.7 Å². The van der Waals surface area contributed by atoms with Crippen molar-refractivity contribution in [3.8, 4) is 0 Å². The summed E-state index contributed by atoms with van der Waals surface area (Å²) in [6.07, 6.45) is 2.96. The molecule has 0 unspecified atom stereocenters. The number of rotatable bonds is 5. The molecule has 0 atom stereocenters. The van der Waals surface area contributed by atoms with Gasteiger partial charge >= 0.3 is 0 Å². The van der Waals surface area contributed by atoms with Gasteiger partial charge in [-0.3, -0.25) is 4.79 Å². The van der Waals surface area contributed by atoms with Gasteiger partial charge in [0.1, 0.15) is 0 Å². The number of carbonyl (C=O) groups excluding carboxylic acids is 1. The van der Waals surface area contributed by atoms with Crippen molar-refractivity contribution in [2.45, 2.75) is 32.4 Å². The maximum absolute atomic E-state index is 11.9. The third-order valence-corrected chi connectivity index (χ3v) is 4.63. The minimum absolute atomic E-state index is 0.0197. The first kappa shape index (κ1) is 14.4. The topological polar surface area (TPSA) is 49.3 Å². The van der Waals surface area contributed by atoms with Crippen LogP contribution in [0.25, 0.3) is 0 Å². The molecule has 2 rings (SSSR count). The second-order valence-corrected chi connectivity index (χ2v) is 6.19. The average molecular weight is 279 g/mol. The largest absolute Gasteiger partial charge is 0.392 e. The van der Waals surface area contributed by atoms with Crippen LogP contribution < -0.4 is 5.32 Å². The summed E-state index contributed by atoms with van der Waals surface area (Å²) >= 11 is 1.98. The second-order valence-electron chi connectivity index (χ2n) is 4.96. The predicted octanol–water partition coefficient (Wildman–Crippen LogP) is 2.33. The fourth-order valence-electron chi connectivity index (χ4n) is 2.36. The quantitative estimate of drug-likeness (QED) is 0.869. The summed E-state index contributed by atoms with van der Waals surface area (Å²) in [5.41, 5.74) is 1.88. The summed E-state index contributed by atoms with van der Waals surface area (Å²) in [5.74, 6) is 3.05. The molecule has 0 aromatic heterocycles. The zero-order chi connectivity index (χ0) is 13.5. The fourth-order valence-corrected chi connectivity index (χ4v) is 3.57. The third kappa shape index (κ3) is 4.55.